The van der Waals surface area contributed by atoms with Gasteiger partial charge in [-0.25, -0.2) is 4.68 Å². The summed E-state index contributed by atoms with van der Waals surface area (Å²) < 4.78 is 1.60. The average molecular weight is 484 g/mol. The first kappa shape index (κ1) is 25.1. The van der Waals surface area contributed by atoms with Gasteiger partial charge in [0, 0.05) is 13.1 Å². The number of aromatic nitrogens is 3. The number of hydrogen-bond donors (Lipinski definition) is 1. The first-order chi connectivity index (χ1) is 17.4. The number of hydrogen-bond acceptors (Lipinski definition) is 4. The van der Waals surface area contributed by atoms with Gasteiger partial charge in [-0.05, 0) is 42.5 Å². The van der Waals surface area contributed by atoms with E-state index < -0.39 is 6.04 Å². The summed E-state index contributed by atoms with van der Waals surface area (Å²) in [5.41, 5.74) is 4.31. The topological polar surface area (TPSA) is 80.1 Å². The lowest BCUT2D eigenvalue weighted by atomic mass is 10.0. The van der Waals surface area contributed by atoms with Gasteiger partial charge in [0.2, 0.25) is 11.8 Å². The van der Waals surface area contributed by atoms with Crippen molar-refractivity contribution in [1.82, 2.24) is 25.2 Å². The number of amides is 2. The highest BCUT2D eigenvalue weighted by Crippen LogP contribution is 2.25. The Morgan fingerprint density at radius 2 is 1.64 bits per heavy atom. The van der Waals surface area contributed by atoms with E-state index in [4.69, 9.17) is 0 Å². The Morgan fingerprint density at radius 1 is 0.944 bits per heavy atom. The molecule has 3 aromatic carbocycles. The molecule has 1 heterocycles. The Kier molecular flexibility index (Phi) is 8.10. The van der Waals surface area contributed by atoms with Crippen molar-refractivity contribution in [3.63, 3.8) is 0 Å². The molecular weight excluding hydrogens is 450 g/mol. The maximum Gasteiger partial charge on any atom is 0.247 e. The Balaban J connectivity index is 1.70. The summed E-state index contributed by atoms with van der Waals surface area (Å²) in [6, 6.07) is 24.3. The standard InChI is InChI=1S/C29H33N5O2/c1-21(2)17-18-30-29(36)28(24-15-13-22(3)14-16-24)33(19-23-9-5-4-6-10-23)27(35)20-34-26-12-8-7-11-25(26)31-32-34/h4-16,21,28H,17-20H2,1-3H3,(H,30,36)/t28-/m1/s1. The molecule has 0 aliphatic carbocycles. The van der Waals surface area contributed by atoms with Crippen LogP contribution in [-0.4, -0.2) is 38.3 Å². The fourth-order valence-corrected chi connectivity index (χ4v) is 4.16. The molecule has 1 atom stereocenters. The molecule has 36 heavy (non-hydrogen) atoms. The molecule has 0 radical (unpaired) electrons. The minimum absolute atomic E-state index is 0.0189. The van der Waals surface area contributed by atoms with E-state index >= 15 is 0 Å². The normalized spacial score (nSPS) is 12.0. The summed E-state index contributed by atoms with van der Waals surface area (Å²) in [4.78, 5) is 29.2. The first-order valence-electron chi connectivity index (χ1n) is 12.4. The minimum atomic E-state index is -0.778. The van der Waals surface area contributed by atoms with Crippen LogP contribution in [0.4, 0.5) is 0 Å². The molecule has 7 nitrogen and oxygen atoms in total. The largest absolute Gasteiger partial charge is 0.354 e. The van der Waals surface area contributed by atoms with E-state index in [0.717, 1.165) is 34.1 Å². The van der Waals surface area contributed by atoms with Crippen molar-refractivity contribution in [2.75, 3.05) is 6.54 Å². The molecule has 0 aliphatic heterocycles. The van der Waals surface area contributed by atoms with Crippen LogP contribution < -0.4 is 5.32 Å². The summed E-state index contributed by atoms with van der Waals surface area (Å²) in [7, 11) is 0. The van der Waals surface area contributed by atoms with Gasteiger partial charge in [-0.2, -0.15) is 0 Å². The van der Waals surface area contributed by atoms with Crippen LogP contribution in [0.1, 0.15) is 43.0 Å². The number of aryl methyl sites for hydroxylation is 1. The number of para-hydroxylation sites is 1. The molecule has 1 aromatic heterocycles. The number of nitrogens with zero attached hydrogens (tertiary/aromatic N) is 4. The van der Waals surface area contributed by atoms with Crippen LogP contribution in [0.15, 0.2) is 78.9 Å². The summed E-state index contributed by atoms with van der Waals surface area (Å²) in [6.07, 6.45) is 0.865. The van der Waals surface area contributed by atoms with Gasteiger partial charge in [0.1, 0.15) is 18.1 Å². The summed E-state index contributed by atoms with van der Waals surface area (Å²) in [6.45, 7) is 7.08. The van der Waals surface area contributed by atoms with Crippen molar-refractivity contribution in [3.8, 4) is 0 Å². The van der Waals surface area contributed by atoms with E-state index in [2.05, 4.69) is 29.5 Å². The molecule has 186 valence electrons. The van der Waals surface area contributed by atoms with Gasteiger partial charge in [-0.1, -0.05) is 91.4 Å². The second-order valence-corrected chi connectivity index (χ2v) is 9.53. The second kappa shape index (κ2) is 11.6. The summed E-state index contributed by atoms with van der Waals surface area (Å²) in [5.74, 6) is 0.0668. The zero-order valence-corrected chi connectivity index (χ0v) is 21.1. The molecule has 0 bridgehead atoms. The SMILES string of the molecule is Cc1ccc([C@H](C(=O)NCCC(C)C)N(Cc2ccccc2)C(=O)Cn2nnc3ccccc32)cc1. The number of carbonyl (C=O) groups excluding carboxylic acids is 2. The number of nitrogens with one attached hydrogen (secondary N) is 1. The molecule has 7 heteroatoms. The molecule has 0 aliphatic rings. The summed E-state index contributed by atoms with van der Waals surface area (Å²) >= 11 is 0. The Hall–Kier alpha value is -4.00. The molecule has 0 saturated carbocycles. The van der Waals surface area contributed by atoms with Gasteiger partial charge in [0.05, 0.1) is 5.52 Å². The average Bonchev–Trinajstić information content (AvgIpc) is 3.28. The van der Waals surface area contributed by atoms with E-state index in [9.17, 15) is 9.59 Å². The van der Waals surface area contributed by atoms with Crippen molar-refractivity contribution in [2.45, 2.75) is 46.3 Å². The maximum atomic E-state index is 13.9. The second-order valence-electron chi connectivity index (χ2n) is 9.53. The highest BCUT2D eigenvalue weighted by atomic mass is 16.2. The van der Waals surface area contributed by atoms with Gasteiger partial charge in [-0.3, -0.25) is 9.59 Å². The lowest BCUT2D eigenvalue weighted by Gasteiger charge is -2.32. The molecule has 2 amide bonds. The third kappa shape index (κ3) is 6.16. The number of rotatable bonds is 10. The van der Waals surface area contributed by atoms with E-state index in [0.29, 0.717) is 19.0 Å². The van der Waals surface area contributed by atoms with E-state index in [1.54, 1.807) is 9.58 Å². The number of carbonyl (C=O) groups is 2. The van der Waals surface area contributed by atoms with Crippen LogP contribution >= 0.6 is 0 Å². The van der Waals surface area contributed by atoms with Crippen LogP contribution in [0.25, 0.3) is 11.0 Å². The predicted molar refractivity (Wildman–Crippen MR) is 141 cm³/mol. The zero-order valence-electron chi connectivity index (χ0n) is 21.1. The monoisotopic (exact) mass is 483 g/mol. The van der Waals surface area contributed by atoms with Crippen molar-refractivity contribution >= 4 is 22.8 Å². The van der Waals surface area contributed by atoms with Gasteiger partial charge in [0.25, 0.3) is 0 Å². The highest BCUT2D eigenvalue weighted by Gasteiger charge is 2.32. The zero-order chi connectivity index (χ0) is 25.5. The molecule has 0 fully saturated rings. The van der Waals surface area contributed by atoms with Crippen LogP contribution in [0.3, 0.4) is 0 Å². The first-order valence-corrected chi connectivity index (χ1v) is 12.4. The fraction of sp³-hybridized carbons (Fsp3) is 0.310. The van der Waals surface area contributed by atoms with Gasteiger partial charge in [0.15, 0.2) is 0 Å². The van der Waals surface area contributed by atoms with Gasteiger partial charge in [-0.15, -0.1) is 5.10 Å². The third-order valence-corrected chi connectivity index (χ3v) is 6.20. The van der Waals surface area contributed by atoms with Crippen molar-refractivity contribution in [1.29, 1.82) is 0 Å². The van der Waals surface area contributed by atoms with E-state index in [1.165, 1.54) is 0 Å². The fourth-order valence-electron chi connectivity index (χ4n) is 4.16. The van der Waals surface area contributed by atoms with Crippen LogP contribution in [0, 0.1) is 12.8 Å². The third-order valence-electron chi connectivity index (χ3n) is 6.20. The van der Waals surface area contributed by atoms with Gasteiger partial charge >= 0.3 is 0 Å². The lowest BCUT2D eigenvalue weighted by molar-refractivity contribution is -0.142. The van der Waals surface area contributed by atoms with E-state index in [1.807, 2.05) is 85.8 Å². The minimum Gasteiger partial charge on any atom is -0.354 e. The predicted octanol–water partition coefficient (Wildman–Crippen LogP) is 4.67. The number of fused-ring (bicyclic) bond motifs is 1. The van der Waals surface area contributed by atoms with Crippen molar-refractivity contribution in [2.24, 2.45) is 5.92 Å². The lowest BCUT2D eigenvalue weighted by Crippen LogP contribution is -2.45. The number of benzene rings is 3. The van der Waals surface area contributed by atoms with Crippen LogP contribution in [0.5, 0.6) is 0 Å². The molecule has 0 unspecified atom stereocenters. The van der Waals surface area contributed by atoms with Crippen LogP contribution in [-0.2, 0) is 22.7 Å². The molecule has 0 spiro atoms. The molecular formula is C29H33N5O2. The molecule has 4 aromatic rings. The van der Waals surface area contributed by atoms with Gasteiger partial charge < -0.3 is 10.2 Å². The molecule has 0 saturated heterocycles. The quantitative estimate of drug-likeness (QED) is 0.355. The Labute approximate surface area is 212 Å². The maximum absolute atomic E-state index is 13.9. The van der Waals surface area contributed by atoms with Crippen molar-refractivity contribution < 1.29 is 9.59 Å². The Bertz CT molecular complexity index is 1300. The van der Waals surface area contributed by atoms with Crippen molar-refractivity contribution in [3.05, 3.63) is 95.6 Å². The van der Waals surface area contributed by atoms with E-state index in [-0.39, 0.29) is 18.4 Å². The Morgan fingerprint density at radius 3 is 2.36 bits per heavy atom. The highest BCUT2D eigenvalue weighted by molar-refractivity contribution is 5.89. The smallest absolute Gasteiger partial charge is 0.247 e. The van der Waals surface area contributed by atoms with Crippen LogP contribution in [0.2, 0.25) is 0 Å². The molecule has 4 rings (SSSR count). The molecule has 1 N–H and O–H groups in total. The summed E-state index contributed by atoms with van der Waals surface area (Å²) in [5, 5.41) is 11.5.